The van der Waals surface area contributed by atoms with Crippen LogP contribution in [0.1, 0.15) is 22.5 Å². The van der Waals surface area contributed by atoms with E-state index in [4.69, 9.17) is 0 Å². The van der Waals surface area contributed by atoms with E-state index in [2.05, 4.69) is 46.2 Å². The van der Waals surface area contributed by atoms with Crippen LogP contribution < -0.4 is 0 Å². The molecule has 4 amide bonds. The molecule has 140 valence electrons. The first-order valence-electron chi connectivity index (χ1n) is 8.40. The van der Waals surface area contributed by atoms with Crippen LogP contribution in [0, 0.1) is 24.3 Å². The molecule has 0 atom stereocenters. The zero-order valence-corrected chi connectivity index (χ0v) is 18.0. The number of imide groups is 2. The quantitative estimate of drug-likeness (QED) is 0.378. The summed E-state index contributed by atoms with van der Waals surface area (Å²) in [5.41, 5.74) is 4.88. The van der Waals surface area contributed by atoms with Crippen LogP contribution in [-0.2, 0) is 9.59 Å². The standard InChI is InChI=1S/C20H20IN3O3/c1-11-8-15(6-7-17(11)21)24-12(2)9-14(13(24)3)10-16-18(25)22(4)20(27)23(5)19(16)26/h6-10H,1-5H3. The number of benzene rings is 1. The van der Waals surface area contributed by atoms with Crippen molar-refractivity contribution in [1.29, 1.82) is 0 Å². The van der Waals surface area contributed by atoms with E-state index >= 15 is 0 Å². The monoisotopic (exact) mass is 477 g/mol. The minimum absolute atomic E-state index is 0.0151. The van der Waals surface area contributed by atoms with E-state index in [0.29, 0.717) is 0 Å². The van der Waals surface area contributed by atoms with Crippen molar-refractivity contribution >= 4 is 46.5 Å². The molecule has 2 heterocycles. The molecule has 1 aliphatic rings. The number of carbonyl (C=O) groups is 3. The van der Waals surface area contributed by atoms with Crippen molar-refractivity contribution < 1.29 is 14.4 Å². The number of hydrogen-bond donors (Lipinski definition) is 0. The summed E-state index contributed by atoms with van der Waals surface area (Å²) in [5, 5.41) is 0. The van der Waals surface area contributed by atoms with Gasteiger partial charge in [-0.05, 0) is 84.8 Å². The zero-order chi connectivity index (χ0) is 20.0. The summed E-state index contributed by atoms with van der Waals surface area (Å²) in [6.07, 6.45) is 1.57. The number of nitrogens with zero attached hydrogens (tertiary/aromatic N) is 3. The van der Waals surface area contributed by atoms with Gasteiger partial charge in [-0.25, -0.2) is 4.79 Å². The molecule has 1 aromatic heterocycles. The summed E-state index contributed by atoms with van der Waals surface area (Å²) < 4.78 is 3.28. The molecule has 27 heavy (non-hydrogen) atoms. The Morgan fingerprint density at radius 2 is 1.52 bits per heavy atom. The van der Waals surface area contributed by atoms with E-state index in [-0.39, 0.29) is 5.57 Å². The highest BCUT2D eigenvalue weighted by Crippen LogP contribution is 2.26. The Morgan fingerprint density at radius 3 is 2.07 bits per heavy atom. The largest absolute Gasteiger partial charge is 0.333 e. The number of barbiturate groups is 1. The maximum absolute atomic E-state index is 12.4. The summed E-state index contributed by atoms with van der Waals surface area (Å²) in [4.78, 5) is 38.7. The third kappa shape index (κ3) is 3.20. The molecule has 1 fully saturated rings. The number of aromatic nitrogens is 1. The van der Waals surface area contributed by atoms with Gasteiger partial charge in [-0.3, -0.25) is 19.4 Å². The molecule has 7 heteroatoms. The fourth-order valence-electron chi connectivity index (χ4n) is 3.23. The van der Waals surface area contributed by atoms with E-state index in [1.54, 1.807) is 6.08 Å². The molecule has 0 aliphatic carbocycles. The smallest absolute Gasteiger partial charge is 0.318 e. The second kappa shape index (κ2) is 6.95. The van der Waals surface area contributed by atoms with Crippen molar-refractivity contribution in [2.24, 2.45) is 0 Å². The first kappa shape index (κ1) is 19.3. The maximum Gasteiger partial charge on any atom is 0.333 e. The number of likely N-dealkylation sites (N-methyl/N-ethyl adjacent to an activating group) is 2. The molecule has 3 rings (SSSR count). The van der Waals surface area contributed by atoms with Gasteiger partial charge in [0.05, 0.1) is 0 Å². The van der Waals surface area contributed by atoms with Crippen molar-refractivity contribution in [1.82, 2.24) is 14.4 Å². The van der Waals surface area contributed by atoms with Crippen molar-refractivity contribution in [2.45, 2.75) is 20.8 Å². The summed E-state index contributed by atoms with van der Waals surface area (Å²) in [6.45, 7) is 5.99. The van der Waals surface area contributed by atoms with Crippen LogP contribution in [-0.4, -0.2) is 46.3 Å². The topological polar surface area (TPSA) is 62.6 Å². The molecular weight excluding hydrogens is 457 g/mol. The SMILES string of the molecule is Cc1cc(-n2c(C)cc(C=C3C(=O)N(C)C(=O)N(C)C3=O)c2C)ccc1I. The first-order chi connectivity index (χ1) is 12.6. The summed E-state index contributed by atoms with van der Waals surface area (Å²) in [6, 6.07) is 7.53. The molecule has 0 saturated carbocycles. The lowest BCUT2D eigenvalue weighted by molar-refractivity contribution is -0.134. The van der Waals surface area contributed by atoms with Gasteiger partial charge in [-0.1, -0.05) is 0 Å². The van der Waals surface area contributed by atoms with E-state index in [1.165, 1.54) is 23.2 Å². The molecule has 0 N–H and O–H groups in total. The second-order valence-electron chi connectivity index (χ2n) is 6.66. The van der Waals surface area contributed by atoms with Crippen LogP contribution in [0.4, 0.5) is 4.79 Å². The molecule has 0 bridgehead atoms. The Balaban J connectivity index is 2.10. The fraction of sp³-hybridized carbons (Fsp3) is 0.250. The van der Waals surface area contributed by atoms with Crippen LogP contribution in [0.5, 0.6) is 0 Å². The van der Waals surface area contributed by atoms with Crippen LogP contribution in [0.25, 0.3) is 11.8 Å². The van der Waals surface area contributed by atoms with Gasteiger partial charge in [-0.15, -0.1) is 0 Å². The molecule has 1 aromatic carbocycles. The Hall–Kier alpha value is -2.42. The number of carbonyl (C=O) groups excluding carboxylic acids is 3. The molecular formula is C20H20IN3O3. The molecule has 1 saturated heterocycles. The van der Waals surface area contributed by atoms with Crippen LogP contribution in [0.15, 0.2) is 29.8 Å². The average Bonchev–Trinajstić information content (AvgIpc) is 2.91. The lowest BCUT2D eigenvalue weighted by Gasteiger charge is -2.28. The predicted octanol–water partition coefficient (Wildman–Crippen LogP) is 3.44. The van der Waals surface area contributed by atoms with Gasteiger partial charge in [0.1, 0.15) is 5.57 Å². The lowest BCUT2D eigenvalue weighted by atomic mass is 10.1. The van der Waals surface area contributed by atoms with Gasteiger partial charge in [0, 0.05) is 34.7 Å². The highest BCUT2D eigenvalue weighted by Gasteiger charge is 2.38. The van der Waals surface area contributed by atoms with Crippen molar-refractivity contribution in [3.05, 3.63) is 55.9 Å². The van der Waals surface area contributed by atoms with Crippen LogP contribution in [0.3, 0.4) is 0 Å². The second-order valence-corrected chi connectivity index (χ2v) is 7.83. The maximum atomic E-state index is 12.4. The van der Waals surface area contributed by atoms with Gasteiger partial charge >= 0.3 is 6.03 Å². The lowest BCUT2D eigenvalue weighted by Crippen LogP contribution is -2.52. The van der Waals surface area contributed by atoms with Crippen molar-refractivity contribution in [3.63, 3.8) is 0 Å². The number of amides is 4. The highest BCUT2D eigenvalue weighted by atomic mass is 127. The predicted molar refractivity (Wildman–Crippen MR) is 112 cm³/mol. The van der Waals surface area contributed by atoms with Gasteiger partial charge in [0.25, 0.3) is 11.8 Å². The summed E-state index contributed by atoms with van der Waals surface area (Å²) in [7, 11) is 2.75. The number of urea groups is 1. The van der Waals surface area contributed by atoms with Gasteiger partial charge in [-0.2, -0.15) is 0 Å². The van der Waals surface area contributed by atoms with E-state index in [0.717, 1.165) is 32.4 Å². The average molecular weight is 477 g/mol. The van der Waals surface area contributed by atoms with E-state index in [9.17, 15) is 14.4 Å². The molecule has 6 nitrogen and oxygen atoms in total. The zero-order valence-electron chi connectivity index (χ0n) is 15.8. The number of hydrogen-bond acceptors (Lipinski definition) is 3. The highest BCUT2D eigenvalue weighted by molar-refractivity contribution is 14.1. The molecule has 0 unspecified atom stereocenters. The summed E-state index contributed by atoms with van der Waals surface area (Å²) >= 11 is 2.30. The third-order valence-electron chi connectivity index (χ3n) is 4.81. The van der Waals surface area contributed by atoms with Crippen molar-refractivity contribution in [3.8, 4) is 5.69 Å². The normalized spacial score (nSPS) is 15.0. The molecule has 0 spiro atoms. The molecule has 0 radical (unpaired) electrons. The number of rotatable bonds is 2. The Bertz CT molecular complexity index is 994. The Morgan fingerprint density at radius 1 is 0.926 bits per heavy atom. The molecule has 2 aromatic rings. The van der Waals surface area contributed by atoms with Gasteiger partial charge in [0.15, 0.2) is 0 Å². The number of halogens is 1. The Kier molecular flexibility index (Phi) is 4.98. The fourth-order valence-corrected chi connectivity index (χ4v) is 3.57. The summed E-state index contributed by atoms with van der Waals surface area (Å²) in [5.74, 6) is -1.17. The minimum Gasteiger partial charge on any atom is -0.318 e. The Labute approximate surface area is 171 Å². The van der Waals surface area contributed by atoms with Crippen LogP contribution >= 0.6 is 22.6 Å². The van der Waals surface area contributed by atoms with Gasteiger partial charge in [0.2, 0.25) is 0 Å². The van der Waals surface area contributed by atoms with E-state index < -0.39 is 17.8 Å². The molecule has 1 aliphatic heterocycles. The third-order valence-corrected chi connectivity index (χ3v) is 6.02. The van der Waals surface area contributed by atoms with Crippen LogP contribution in [0.2, 0.25) is 0 Å². The number of aryl methyl sites for hydroxylation is 2. The minimum atomic E-state index is -0.623. The first-order valence-corrected chi connectivity index (χ1v) is 9.48. The van der Waals surface area contributed by atoms with Crippen molar-refractivity contribution in [2.75, 3.05) is 14.1 Å². The van der Waals surface area contributed by atoms with E-state index in [1.807, 2.05) is 26.0 Å². The van der Waals surface area contributed by atoms with Gasteiger partial charge < -0.3 is 4.57 Å².